The summed E-state index contributed by atoms with van der Waals surface area (Å²) in [7, 11) is 1.77. The van der Waals surface area contributed by atoms with Crippen molar-refractivity contribution in [3.63, 3.8) is 0 Å². The molecular formula is C15H22BrNO2. The van der Waals surface area contributed by atoms with E-state index in [1.807, 2.05) is 19.1 Å². The zero-order valence-corrected chi connectivity index (χ0v) is 13.2. The summed E-state index contributed by atoms with van der Waals surface area (Å²) in [6.07, 6.45) is 1.87. The lowest BCUT2D eigenvalue weighted by molar-refractivity contribution is 0.139. The first kappa shape index (κ1) is 14.8. The lowest BCUT2D eigenvalue weighted by atomic mass is 9.96. The van der Waals surface area contributed by atoms with Crippen molar-refractivity contribution in [3.8, 4) is 0 Å². The van der Waals surface area contributed by atoms with Gasteiger partial charge in [-0.05, 0) is 37.8 Å². The maximum absolute atomic E-state index is 9.90. The van der Waals surface area contributed by atoms with Crippen molar-refractivity contribution in [3.05, 3.63) is 28.2 Å². The van der Waals surface area contributed by atoms with E-state index >= 15 is 0 Å². The first-order valence-corrected chi connectivity index (χ1v) is 7.62. The van der Waals surface area contributed by atoms with Gasteiger partial charge in [0.1, 0.15) is 0 Å². The van der Waals surface area contributed by atoms with Crippen LogP contribution in [-0.4, -0.2) is 31.9 Å². The van der Waals surface area contributed by atoms with Crippen molar-refractivity contribution in [2.45, 2.75) is 25.9 Å². The van der Waals surface area contributed by atoms with Gasteiger partial charge in [0.05, 0.1) is 6.10 Å². The Labute approximate surface area is 123 Å². The Morgan fingerprint density at radius 1 is 1.42 bits per heavy atom. The molecule has 1 aromatic carbocycles. The summed E-state index contributed by atoms with van der Waals surface area (Å²) in [5.41, 5.74) is 2.16. The van der Waals surface area contributed by atoms with Crippen LogP contribution in [0.5, 0.6) is 0 Å². The molecule has 19 heavy (non-hydrogen) atoms. The molecular weight excluding hydrogens is 306 g/mol. The van der Waals surface area contributed by atoms with E-state index < -0.39 is 6.10 Å². The summed E-state index contributed by atoms with van der Waals surface area (Å²) in [5.74, 6) is 0.670. The van der Waals surface area contributed by atoms with Crippen molar-refractivity contribution in [2.24, 2.45) is 5.92 Å². The molecule has 0 aromatic heterocycles. The highest BCUT2D eigenvalue weighted by molar-refractivity contribution is 9.10. The van der Waals surface area contributed by atoms with Gasteiger partial charge in [-0.15, -0.1) is 0 Å². The highest BCUT2D eigenvalue weighted by Gasteiger charge is 2.22. The average molecular weight is 328 g/mol. The number of aliphatic hydroxyl groups excluding tert-OH is 1. The Morgan fingerprint density at radius 2 is 2.11 bits per heavy atom. The molecule has 1 aromatic rings. The van der Waals surface area contributed by atoms with Crippen LogP contribution in [0.4, 0.5) is 5.69 Å². The summed E-state index contributed by atoms with van der Waals surface area (Å²) >= 11 is 3.52. The quantitative estimate of drug-likeness (QED) is 0.920. The fourth-order valence-corrected chi connectivity index (χ4v) is 3.07. The Morgan fingerprint density at radius 3 is 2.68 bits per heavy atom. The molecule has 0 bridgehead atoms. The molecule has 0 radical (unpaired) electrons. The van der Waals surface area contributed by atoms with Gasteiger partial charge in [0.2, 0.25) is 0 Å². The van der Waals surface area contributed by atoms with Crippen LogP contribution in [0.15, 0.2) is 22.7 Å². The average Bonchev–Trinajstić information content (AvgIpc) is 2.39. The van der Waals surface area contributed by atoms with Crippen LogP contribution in [0.2, 0.25) is 0 Å². The second kappa shape index (κ2) is 6.73. The number of benzene rings is 1. The van der Waals surface area contributed by atoms with Gasteiger partial charge < -0.3 is 14.7 Å². The van der Waals surface area contributed by atoms with Gasteiger partial charge in [0.15, 0.2) is 0 Å². The van der Waals surface area contributed by atoms with E-state index in [1.165, 1.54) is 0 Å². The van der Waals surface area contributed by atoms with E-state index in [0.29, 0.717) is 5.92 Å². The van der Waals surface area contributed by atoms with Crippen molar-refractivity contribution >= 4 is 21.6 Å². The number of anilines is 1. The van der Waals surface area contributed by atoms with Gasteiger partial charge in [-0.1, -0.05) is 22.0 Å². The number of nitrogens with zero attached hydrogens (tertiary/aromatic N) is 1. The van der Waals surface area contributed by atoms with E-state index in [9.17, 15) is 5.11 Å². The van der Waals surface area contributed by atoms with Gasteiger partial charge in [-0.25, -0.2) is 0 Å². The molecule has 1 heterocycles. The summed E-state index contributed by atoms with van der Waals surface area (Å²) in [6.45, 7) is 4.74. The number of hydrogen-bond donors (Lipinski definition) is 1. The Bertz CT molecular complexity index is 415. The fraction of sp³-hybridized carbons (Fsp3) is 0.600. The SMILES string of the molecule is COCC1CCN(c2cc(Br)ccc2C(C)O)CC1. The number of rotatable bonds is 4. The predicted octanol–water partition coefficient (Wildman–Crippen LogP) is 3.37. The van der Waals surface area contributed by atoms with Crippen LogP contribution in [0.25, 0.3) is 0 Å². The van der Waals surface area contributed by atoms with E-state index in [1.54, 1.807) is 7.11 Å². The third kappa shape index (κ3) is 3.71. The highest BCUT2D eigenvalue weighted by Crippen LogP contribution is 2.32. The molecule has 4 heteroatoms. The number of piperidine rings is 1. The fourth-order valence-electron chi connectivity index (χ4n) is 2.72. The Balaban J connectivity index is 2.12. The van der Waals surface area contributed by atoms with Gasteiger partial charge >= 0.3 is 0 Å². The zero-order valence-electron chi connectivity index (χ0n) is 11.6. The standard InChI is InChI=1S/C15H22BrNO2/c1-11(18)14-4-3-13(16)9-15(14)17-7-5-12(6-8-17)10-19-2/h3-4,9,11-12,18H,5-8,10H2,1-2H3. The first-order valence-electron chi connectivity index (χ1n) is 6.83. The number of aliphatic hydroxyl groups is 1. The maximum atomic E-state index is 9.90. The van der Waals surface area contributed by atoms with Crippen LogP contribution < -0.4 is 4.90 Å². The highest BCUT2D eigenvalue weighted by atomic mass is 79.9. The maximum Gasteiger partial charge on any atom is 0.0782 e. The number of ether oxygens (including phenoxy) is 1. The number of hydrogen-bond acceptors (Lipinski definition) is 3. The molecule has 2 rings (SSSR count). The molecule has 1 saturated heterocycles. The predicted molar refractivity (Wildman–Crippen MR) is 81.6 cm³/mol. The van der Waals surface area contributed by atoms with Crippen LogP contribution in [0.3, 0.4) is 0 Å². The molecule has 106 valence electrons. The topological polar surface area (TPSA) is 32.7 Å². The molecule has 1 N–H and O–H groups in total. The Kier molecular flexibility index (Phi) is 5.25. The number of halogens is 1. The van der Waals surface area contributed by atoms with Crippen molar-refractivity contribution in [1.82, 2.24) is 0 Å². The third-order valence-electron chi connectivity index (χ3n) is 3.80. The van der Waals surface area contributed by atoms with Gasteiger partial charge in [0.25, 0.3) is 0 Å². The van der Waals surface area contributed by atoms with E-state index in [-0.39, 0.29) is 0 Å². The summed E-state index contributed by atoms with van der Waals surface area (Å²) in [6, 6.07) is 6.10. The lowest BCUT2D eigenvalue weighted by Crippen LogP contribution is -2.35. The lowest BCUT2D eigenvalue weighted by Gasteiger charge is -2.35. The van der Waals surface area contributed by atoms with Crippen molar-refractivity contribution < 1.29 is 9.84 Å². The zero-order chi connectivity index (χ0) is 13.8. The molecule has 1 aliphatic heterocycles. The van der Waals surface area contributed by atoms with E-state index in [2.05, 4.69) is 26.9 Å². The van der Waals surface area contributed by atoms with Crippen LogP contribution in [-0.2, 0) is 4.74 Å². The smallest absolute Gasteiger partial charge is 0.0782 e. The van der Waals surface area contributed by atoms with Crippen molar-refractivity contribution in [2.75, 3.05) is 31.7 Å². The normalized spacial score (nSPS) is 18.6. The summed E-state index contributed by atoms with van der Waals surface area (Å²) in [4.78, 5) is 2.37. The molecule has 1 atom stereocenters. The van der Waals surface area contributed by atoms with Crippen LogP contribution in [0.1, 0.15) is 31.4 Å². The minimum Gasteiger partial charge on any atom is -0.389 e. The van der Waals surface area contributed by atoms with Crippen LogP contribution >= 0.6 is 15.9 Å². The van der Waals surface area contributed by atoms with Crippen LogP contribution in [0, 0.1) is 5.92 Å². The second-order valence-corrected chi connectivity index (χ2v) is 6.18. The molecule has 0 spiro atoms. The van der Waals surface area contributed by atoms with E-state index in [0.717, 1.165) is 48.3 Å². The molecule has 1 fully saturated rings. The molecule has 0 aliphatic carbocycles. The van der Waals surface area contributed by atoms with E-state index in [4.69, 9.17) is 4.74 Å². The van der Waals surface area contributed by atoms with Crippen molar-refractivity contribution in [1.29, 1.82) is 0 Å². The molecule has 1 aliphatic rings. The molecule has 0 amide bonds. The Hall–Kier alpha value is -0.580. The first-order chi connectivity index (χ1) is 9.11. The molecule has 1 unspecified atom stereocenters. The molecule has 3 nitrogen and oxygen atoms in total. The van der Waals surface area contributed by atoms with Gasteiger partial charge in [0, 0.05) is 42.5 Å². The minimum atomic E-state index is -0.431. The minimum absolute atomic E-state index is 0.431. The monoisotopic (exact) mass is 327 g/mol. The largest absolute Gasteiger partial charge is 0.389 e. The second-order valence-electron chi connectivity index (χ2n) is 5.26. The third-order valence-corrected chi connectivity index (χ3v) is 4.29. The van der Waals surface area contributed by atoms with Gasteiger partial charge in [-0.2, -0.15) is 0 Å². The van der Waals surface area contributed by atoms with Gasteiger partial charge in [-0.3, -0.25) is 0 Å². The molecule has 0 saturated carbocycles. The summed E-state index contributed by atoms with van der Waals surface area (Å²) in [5, 5.41) is 9.90. The summed E-state index contributed by atoms with van der Waals surface area (Å²) < 4.78 is 6.30. The number of methoxy groups -OCH3 is 1.